The van der Waals surface area contributed by atoms with Crippen molar-refractivity contribution in [3.8, 4) is 17.2 Å². The molecular weight excluding hydrogens is 313 g/mol. The van der Waals surface area contributed by atoms with Gasteiger partial charge in [0, 0.05) is 10.5 Å². The molecule has 0 radical (unpaired) electrons. The normalized spacial score (nSPS) is 10.3. The molecule has 2 N–H and O–H groups in total. The van der Waals surface area contributed by atoms with E-state index in [0.29, 0.717) is 34.0 Å². The lowest BCUT2D eigenvalue weighted by Crippen LogP contribution is -1.99. The molecule has 5 heteroatoms. The molecule has 0 fully saturated rings. The van der Waals surface area contributed by atoms with Crippen molar-refractivity contribution in [2.75, 3.05) is 12.3 Å². The van der Waals surface area contributed by atoms with Crippen LogP contribution in [0, 0.1) is 5.82 Å². The van der Waals surface area contributed by atoms with Gasteiger partial charge in [0.2, 0.25) is 0 Å². The van der Waals surface area contributed by atoms with Crippen molar-refractivity contribution in [3.63, 3.8) is 0 Å². The molecule has 100 valence electrons. The summed E-state index contributed by atoms with van der Waals surface area (Å²) in [4.78, 5) is 0. The van der Waals surface area contributed by atoms with Crippen molar-refractivity contribution in [2.45, 2.75) is 6.92 Å². The SMILES string of the molecule is CCOc1cccc(Oc2cc(F)cc(Br)c2)c1N. The average Bonchev–Trinajstić information content (AvgIpc) is 2.33. The molecule has 0 aliphatic heterocycles. The number of nitrogen functional groups attached to an aromatic ring is 1. The van der Waals surface area contributed by atoms with Crippen molar-refractivity contribution >= 4 is 21.6 Å². The van der Waals surface area contributed by atoms with E-state index in [9.17, 15) is 4.39 Å². The number of hydrogen-bond donors (Lipinski definition) is 1. The van der Waals surface area contributed by atoms with Crippen molar-refractivity contribution in [1.82, 2.24) is 0 Å². The summed E-state index contributed by atoms with van der Waals surface area (Å²) in [6.45, 7) is 2.38. The Balaban J connectivity index is 2.30. The lowest BCUT2D eigenvalue weighted by Gasteiger charge is -2.12. The van der Waals surface area contributed by atoms with E-state index >= 15 is 0 Å². The molecule has 0 aliphatic carbocycles. The van der Waals surface area contributed by atoms with Gasteiger partial charge in [-0.25, -0.2) is 4.39 Å². The second-order valence-electron chi connectivity index (χ2n) is 3.81. The van der Waals surface area contributed by atoms with Crippen LogP contribution in [-0.2, 0) is 0 Å². The molecule has 19 heavy (non-hydrogen) atoms. The molecule has 0 atom stereocenters. The number of rotatable bonds is 4. The highest BCUT2D eigenvalue weighted by molar-refractivity contribution is 9.10. The van der Waals surface area contributed by atoms with Crippen LogP contribution < -0.4 is 15.2 Å². The van der Waals surface area contributed by atoms with E-state index in [1.807, 2.05) is 6.92 Å². The van der Waals surface area contributed by atoms with Gasteiger partial charge in [-0.05, 0) is 31.2 Å². The molecule has 0 spiro atoms. The van der Waals surface area contributed by atoms with Gasteiger partial charge in [0.25, 0.3) is 0 Å². The molecule has 2 rings (SSSR count). The molecule has 0 bridgehead atoms. The van der Waals surface area contributed by atoms with E-state index in [-0.39, 0.29) is 5.82 Å². The molecular formula is C14H13BrFNO2. The molecule has 2 aromatic carbocycles. The number of nitrogens with two attached hydrogens (primary N) is 1. The summed E-state index contributed by atoms with van der Waals surface area (Å²) in [6.07, 6.45) is 0. The number of para-hydroxylation sites is 1. The van der Waals surface area contributed by atoms with Gasteiger partial charge >= 0.3 is 0 Å². The van der Waals surface area contributed by atoms with Gasteiger partial charge in [-0.2, -0.15) is 0 Å². The molecule has 0 saturated carbocycles. The number of benzene rings is 2. The lowest BCUT2D eigenvalue weighted by molar-refractivity contribution is 0.340. The minimum absolute atomic E-state index is 0.368. The van der Waals surface area contributed by atoms with E-state index in [1.54, 1.807) is 24.3 Å². The largest absolute Gasteiger partial charge is 0.492 e. The van der Waals surface area contributed by atoms with Crippen LogP contribution in [0.15, 0.2) is 40.9 Å². The van der Waals surface area contributed by atoms with Crippen LogP contribution in [0.5, 0.6) is 17.2 Å². The van der Waals surface area contributed by atoms with Gasteiger partial charge in [-0.15, -0.1) is 0 Å². The standard InChI is InChI=1S/C14H13BrFNO2/c1-2-18-12-4-3-5-13(14(12)17)19-11-7-9(15)6-10(16)8-11/h3-8H,2,17H2,1H3. The minimum Gasteiger partial charge on any atom is -0.492 e. The first kappa shape index (κ1) is 13.7. The zero-order chi connectivity index (χ0) is 13.8. The maximum Gasteiger partial charge on any atom is 0.154 e. The third-order valence-corrected chi connectivity index (χ3v) is 2.85. The Morgan fingerprint density at radius 1 is 1.21 bits per heavy atom. The van der Waals surface area contributed by atoms with Crippen LogP contribution in [0.25, 0.3) is 0 Å². The monoisotopic (exact) mass is 325 g/mol. The summed E-state index contributed by atoms with van der Waals surface area (Å²) < 4.78 is 24.8. The first-order valence-corrected chi connectivity index (χ1v) is 6.54. The predicted octanol–water partition coefficient (Wildman–Crippen LogP) is 4.36. The van der Waals surface area contributed by atoms with Crippen LogP contribution in [0.1, 0.15) is 6.92 Å². The first-order valence-electron chi connectivity index (χ1n) is 5.75. The number of hydrogen-bond acceptors (Lipinski definition) is 3. The zero-order valence-electron chi connectivity index (χ0n) is 10.3. The average molecular weight is 326 g/mol. The van der Waals surface area contributed by atoms with E-state index in [4.69, 9.17) is 15.2 Å². The molecule has 0 amide bonds. The highest BCUT2D eigenvalue weighted by Gasteiger charge is 2.09. The van der Waals surface area contributed by atoms with Crippen LogP contribution in [0.3, 0.4) is 0 Å². The number of anilines is 1. The quantitative estimate of drug-likeness (QED) is 0.849. The summed E-state index contributed by atoms with van der Waals surface area (Å²) in [5.41, 5.74) is 6.33. The third kappa shape index (κ3) is 3.38. The van der Waals surface area contributed by atoms with Crippen LogP contribution in [0.2, 0.25) is 0 Å². The summed E-state index contributed by atoms with van der Waals surface area (Å²) in [6, 6.07) is 9.54. The Hall–Kier alpha value is -1.75. The van der Waals surface area contributed by atoms with Crippen molar-refractivity contribution in [3.05, 3.63) is 46.7 Å². The summed E-state index contributed by atoms with van der Waals surface area (Å²) in [5, 5.41) is 0. The zero-order valence-corrected chi connectivity index (χ0v) is 11.9. The van der Waals surface area contributed by atoms with Crippen LogP contribution in [-0.4, -0.2) is 6.61 Å². The van der Waals surface area contributed by atoms with Gasteiger partial charge in [-0.3, -0.25) is 0 Å². The number of halogens is 2. The van der Waals surface area contributed by atoms with Gasteiger partial charge in [0.1, 0.15) is 23.0 Å². The van der Waals surface area contributed by atoms with E-state index in [0.717, 1.165) is 0 Å². The minimum atomic E-state index is -0.385. The van der Waals surface area contributed by atoms with E-state index < -0.39 is 0 Å². The van der Waals surface area contributed by atoms with Crippen LogP contribution >= 0.6 is 15.9 Å². The van der Waals surface area contributed by atoms with Crippen molar-refractivity contribution < 1.29 is 13.9 Å². The molecule has 3 nitrogen and oxygen atoms in total. The Labute approximate surface area is 119 Å². The Bertz CT molecular complexity index is 569. The number of ether oxygens (including phenoxy) is 2. The van der Waals surface area contributed by atoms with Crippen molar-refractivity contribution in [1.29, 1.82) is 0 Å². The maximum absolute atomic E-state index is 13.3. The Morgan fingerprint density at radius 2 is 1.95 bits per heavy atom. The fourth-order valence-corrected chi connectivity index (χ4v) is 2.05. The molecule has 0 saturated heterocycles. The van der Waals surface area contributed by atoms with Gasteiger partial charge in [0.15, 0.2) is 5.75 Å². The fraction of sp³-hybridized carbons (Fsp3) is 0.143. The van der Waals surface area contributed by atoms with Crippen LogP contribution in [0.4, 0.5) is 10.1 Å². The van der Waals surface area contributed by atoms with E-state index in [1.165, 1.54) is 12.1 Å². The first-order chi connectivity index (χ1) is 9.10. The molecule has 0 aromatic heterocycles. The highest BCUT2D eigenvalue weighted by atomic mass is 79.9. The second-order valence-corrected chi connectivity index (χ2v) is 4.72. The third-order valence-electron chi connectivity index (χ3n) is 2.39. The maximum atomic E-state index is 13.3. The Kier molecular flexibility index (Phi) is 4.27. The summed E-state index contributed by atoms with van der Waals surface area (Å²) >= 11 is 3.21. The van der Waals surface area contributed by atoms with Crippen molar-refractivity contribution in [2.24, 2.45) is 0 Å². The summed E-state index contributed by atoms with van der Waals surface area (Å²) in [5.74, 6) is 0.968. The van der Waals surface area contributed by atoms with Gasteiger partial charge < -0.3 is 15.2 Å². The Morgan fingerprint density at radius 3 is 2.63 bits per heavy atom. The summed E-state index contributed by atoms with van der Waals surface area (Å²) in [7, 11) is 0. The topological polar surface area (TPSA) is 44.5 Å². The lowest BCUT2D eigenvalue weighted by atomic mass is 10.2. The molecule has 0 unspecified atom stereocenters. The highest BCUT2D eigenvalue weighted by Crippen LogP contribution is 2.35. The molecule has 0 aliphatic rings. The predicted molar refractivity (Wildman–Crippen MR) is 76.2 cm³/mol. The fourth-order valence-electron chi connectivity index (χ4n) is 1.61. The van der Waals surface area contributed by atoms with E-state index in [2.05, 4.69) is 15.9 Å². The smallest absolute Gasteiger partial charge is 0.154 e. The second kappa shape index (κ2) is 5.93. The molecule has 0 heterocycles. The molecule has 2 aromatic rings. The van der Waals surface area contributed by atoms with Gasteiger partial charge in [-0.1, -0.05) is 22.0 Å². The van der Waals surface area contributed by atoms with Gasteiger partial charge in [0.05, 0.1) is 6.61 Å².